The van der Waals surface area contributed by atoms with Gasteiger partial charge in [0.2, 0.25) is 0 Å². The number of esters is 1. The summed E-state index contributed by atoms with van der Waals surface area (Å²) in [6.45, 7) is 4.43. The Morgan fingerprint density at radius 2 is 2.07 bits per heavy atom. The highest BCUT2D eigenvalue weighted by Crippen LogP contribution is 2.23. The van der Waals surface area contributed by atoms with E-state index in [9.17, 15) is 9.59 Å². The number of carboxylic acids is 1. The number of carboxylic acid groups (broad SMARTS) is 1. The zero-order chi connectivity index (χ0) is 11.4. The highest BCUT2D eigenvalue weighted by atomic mass is 16.6. The SMILES string of the molecule is CC(C)C(OC(=O)/C=C/C(=O)O)C1CO1. The molecule has 5 nitrogen and oxygen atoms in total. The van der Waals surface area contributed by atoms with E-state index in [2.05, 4.69) is 0 Å². The van der Waals surface area contributed by atoms with Gasteiger partial charge in [0.25, 0.3) is 0 Å². The van der Waals surface area contributed by atoms with E-state index < -0.39 is 11.9 Å². The standard InChI is InChI=1S/C10H14O5/c1-6(2)10(7-5-14-7)15-9(13)4-3-8(11)12/h3-4,6-7,10H,5H2,1-2H3,(H,11,12)/b4-3+. The summed E-state index contributed by atoms with van der Waals surface area (Å²) in [5.74, 6) is -1.66. The van der Waals surface area contributed by atoms with E-state index in [-0.39, 0.29) is 18.1 Å². The first-order valence-corrected chi connectivity index (χ1v) is 4.74. The zero-order valence-electron chi connectivity index (χ0n) is 8.67. The van der Waals surface area contributed by atoms with Crippen LogP contribution in [0.5, 0.6) is 0 Å². The lowest BCUT2D eigenvalue weighted by molar-refractivity contribution is -0.146. The van der Waals surface area contributed by atoms with Crippen LogP contribution in [0.2, 0.25) is 0 Å². The second-order valence-electron chi connectivity index (χ2n) is 3.69. The van der Waals surface area contributed by atoms with Gasteiger partial charge in [-0.05, 0) is 5.92 Å². The van der Waals surface area contributed by atoms with Crippen LogP contribution < -0.4 is 0 Å². The molecule has 0 saturated carbocycles. The Labute approximate surface area is 87.7 Å². The fraction of sp³-hybridized carbons (Fsp3) is 0.600. The van der Waals surface area contributed by atoms with Crippen molar-refractivity contribution in [3.8, 4) is 0 Å². The Hall–Kier alpha value is -1.36. The molecule has 0 spiro atoms. The normalized spacial score (nSPS) is 21.7. The average molecular weight is 214 g/mol. The lowest BCUT2D eigenvalue weighted by Gasteiger charge is -2.18. The Kier molecular flexibility index (Phi) is 3.85. The lowest BCUT2D eigenvalue weighted by Crippen LogP contribution is -2.28. The second kappa shape index (κ2) is 4.93. The smallest absolute Gasteiger partial charge is 0.331 e. The highest BCUT2D eigenvalue weighted by Gasteiger charge is 2.37. The molecular formula is C10H14O5. The van der Waals surface area contributed by atoms with E-state index >= 15 is 0 Å². The summed E-state index contributed by atoms with van der Waals surface area (Å²) >= 11 is 0. The molecule has 0 aromatic carbocycles. The Morgan fingerprint density at radius 3 is 2.47 bits per heavy atom. The van der Waals surface area contributed by atoms with E-state index in [0.717, 1.165) is 12.2 Å². The first kappa shape index (κ1) is 11.7. The quantitative estimate of drug-likeness (QED) is 0.412. The van der Waals surface area contributed by atoms with Crippen LogP contribution in [-0.4, -0.2) is 35.9 Å². The van der Waals surface area contributed by atoms with Crippen LogP contribution in [0.3, 0.4) is 0 Å². The Balaban J connectivity index is 2.44. The van der Waals surface area contributed by atoms with E-state index in [1.165, 1.54) is 0 Å². The maximum absolute atomic E-state index is 11.2. The molecule has 0 aromatic rings. The Morgan fingerprint density at radius 1 is 1.47 bits per heavy atom. The molecule has 15 heavy (non-hydrogen) atoms. The minimum Gasteiger partial charge on any atom is -0.478 e. The number of hydrogen-bond donors (Lipinski definition) is 1. The lowest BCUT2D eigenvalue weighted by atomic mass is 10.0. The van der Waals surface area contributed by atoms with Crippen molar-refractivity contribution in [1.82, 2.24) is 0 Å². The second-order valence-corrected chi connectivity index (χ2v) is 3.69. The summed E-state index contributed by atoms with van der Waals surface area (Å²) in [4.78, 5) is 21.3. The molecular weight excluding hydrogens is 200 g/mol. The van der Waals surface area contributed by atoms with Crippen molar-refractivity contribution in [1.29, 1.82) is 0 Å². The predicted octanol–water partition coefficient (Wildman–Crippen LogP) is 0.594. The fourth-order valence-electron chi connectivity index (χ4n) is 1.20. The van der Waals surface area contributed by atoms with Crippen molar-refractivity contribution in [3.05, 3.63) is 12.2 Å². The predicted molar refractivity (Wildman–Crippen MR) is 51.2 cm³/mol. The van der Waals surface area contributed by atoms with Gasteiger partial charge in [-0.25, -0.2) is 9.59 Å². The van der Waals surface area contributed by atoms with Crippen LogP contribution in [0.1, 0.15) is 13.8 Å². The number of rotatable bonds is 5. The number of carbonyl (C=O) groups excluding carboxylic acids is 1. The molecule has 1 aliphatic rings. The fourth-order valence-corrected chi connectivity index (χ4v) is 1.20. The number of aliphatic carboxylic acids is 1. The van der Waals surface area contributed by atoms with Gasteiger partial charge in [-0.3, -0.25) is 0 Å². The summed E-state index contributed by atoms with van der Waals surface area (Å²) in [6.07, 6.45) is 1.33. The van der Waals surface area contributed by atoms with Gasteiger partial charge >= 0.3 is 11.9 Å². The number of epoxide rings is 1. The topological polar surface area (TPSA) is 76.1 Å². The van der Waals surface area contributed by atoms with Crippen molar-refractivity contribution in [3.63, 3.8) is 0 Å². The van der Waals surface area contributed by atoms with Gasteiger partial charge in [-0.1, -0.05) is 13.8 Å². The molecule has 1 aliphatic heterocycles. The molecule has 1 rings (SSSR count). The van der Waals surface area contributed by atoms with E-state index in [1.807, 2.05) is 13.8 Å². The van der Waals surface area contributed by atoms with Crippen LogP contribution in [0.25, 0.3) is 0 Å². The van der Waals surface area contributed by atoms with Gasteiger partial charge in [-0.2, -0.15) is 0 Å². The summed E-state index contributed by atoms with van der Waals surface area (Å²) in [6, 6.07) is 0. The largest absolute Gasteiger partial charge is 0.478 e. The van der Waals surface area contributed by atoms with Crippen molar-refractivity contribution >= 4 is 11.9 Å². The zero-order valence-corrected chi connectivity index (χ0v) is 8.67. The molecule has 1 N–H and O–H groups in total. The van der Waals surface area contributed by atoms with Gasteiger partial charge in [-0.15, -0.1) is 0 Å². The highest BCUT2D eigenvalue weighted by molar-refractivity contribution is 5.90. The third-order valence-corrected chi connectivity index (χ3v) is 2.00. The first-order valence-electron chi connectivity index (χ1n) is 4.74. The first-order chi connectivity index (χ1) is 7.00. The number of ether oxygens (including phenoxy) is 2. The van der Waals surface area contributed by atoms with Gasteiger partial charge in [0.05, 0.1) is 6.61 Å². The van der Waals surface area contributed by atoms with Crippen LogP contribution in [0.4, 0.5) is 0 Å². The van der Waals surface area contributed by atoms with Gasteiger partial charge in [0.1, 0.15) is 12.2 Å². The van der Waals surface area contributed by atoms with Gasteiger partial charge < -0.3 is 14.6 Å². The van der Waals surface area contributed by atoms with E-state index in [1.54, 1.807) is 0 Å². The molecule has 0 bridgehead atoms. The molecule has 1 saturated heterocycles. The monoisotopic (exact) mass is 214 g/mol. The maximum atomic E-state index is 11.2. The molecule has 2 unspecified atom stereocenters. The summed E-state index contributed by atoms with van der Waals surface area (Å²) in [7, 11) is 0. The van der Waals surface area contributed by atoms with Crippen molar-refractivity contribution < 1.29 is 24.2 Å². The average Bonchev–Trinajstić information content (AvgIpc) is 2.93. The van der Waals surface area contributed by atoms with Crippen molar-refractivity contribution in [2.75, 3.05) is 6.61 Å². The third-order valence-electron chi connectivity index (χ3n) is 2.00. The molecule has 0 amide bonds. The molecule has 1 fully saturated rings. The van der Waals surface area contributed by atoms with Crippen LogP contribution in [0, 0.1) is 5.92 Å². The molecule has 0 aromatic heterocycles. The van der Waals surface area contributed by atoms with Crippen LogP contribution in [0.15, 0.2) is 12.2 Å². The number of hydrogen-bond acceptors (Lipinski definition) is 4. The van der Waals surface area contributed by atoms with Gasteiger partial charge in [0.15, 0.2) is 0 Å². The van der Waals surface area contributed by atoms with E-state index in [0.29, 0.717) is 6.61 Å². The molecule has 1 heterocycles. The number of carbonyl (C=O) groups is 2. The maximum Gasteiger partial charge on any atom is 0.331 e. The molecule has 0 aliphatic carbocycles. The molecule has 0 radical (unpaired) electrons. The minimum absolute atomic E-state index is 0.0350. The molecule has 2 atom stereocenters. The van der Waals surface area contributed by atoms with Gasteiger partial charge in [0, 0.05) is 12.2 Å². The summed E-state index contributed by atoms with van der Waals surface area (Å²) in [5, 5.41) is 8.31. The van der Waals surface area contributed by atoms with Crippen molar-refractivity contribution in [2.24, 2.45) is 5.92 Å². The molecule has 5 heteroatoms. The van der Waals surface area contributed by atoms with Crippen molar-refractivity contribution in [2.45, 2.75) is 26.1 Å². The van der Waals surface area contributed by atoms with Crippen LogP contribution >= 0.6 is 0 Å². The minimum atomic E-state index is -1.17. The van der Waals surface area contributed by atoms with Crippen LogP contribution in [-0.2, 0) is 19.1 Å². The summed E-state index contributed by atoms with van der Waals surface area (Å²) in [5.41, 5.74) is 0. The third kappa shape index (κ3) is 4.12. The molecule has 84 valence electrons. The Bertz CT molecular complexity index is 276. The summed E-state index contributed by atoms with van der Waals surface area (Å²) < 4.78 is 10.1. The van der Waals surface area contributed by atoms with E-state index in [4.69, 9.17) is 14.6 Å².